The number of nitrogens with one attached hydrogen (secondary N) is 1. The van der Waals surface area contributed by atoms with Crippen LogP contribution in [0.15, 0.2) is 18.2 Å². The zero-order valence-corrected chi connectivity index (χ0v) is 11.5. The Morgan fingerprint density at radius 1 is 1.30 bits per heavy atom. The molecule has 0 bridgehead atoms. The van der Waals surface area contributed by atoms with E-state index in [9.17, 15) is 18.8 Å². The summed E-state index contributed by atoms with van der Waals surface area (Å²) in [5.74, 6) is -2.48. The molecule has 0 spiro atoms. The molecule has 1 rings (SSSR count). The monoisotopic (exact) mass is 301 g/mol. The topological polar surface area (TPSA) is 72.5 Å². The molecule has 0 fully saturated rings. The van der Waals surface area contributed by atoms with E-state index in [1.54, 1.807) is 0 Å². The van der Waals surface area contributed by atoms with Crippen molar-refractivity contribution in [2.75, 3.05) is 18.3 Å². The number of benzene rings is 1. The Morgan fingerprint density at radius 3 is 2.55 bits per heavy atom. The second kappa shape index (κ2) is 7.59. The van der Waals surface area contributed by atoms with E-state index in [0.717, 1.165) is 6.07 Å². The maximum Gasteiger partial charge on any atom is 0.305 e. The number of alkyl halides is 1. The van der Waals surface area contributed by atoms with Crippen LogP contribution in [0.1, 0.15) is 23.2 Å². The Bertz CT molecular complexity index is 533. The van der Waals surface area contributed by atoms with Crippen molar-refractivity contribution < 1.29 is 23.5 Å². The van der Waals surface area contributed by atoms with Crippen LogP contribution in [0.25, 0.3) is 0 Å². The maximum atomic E-state index is 13.7. The van der Waals surface area contributed by atoms with E-state index < -0.39 is 17.7 Å². The van der Waals surface area contributed by atoms with Gasteiger partial charge in [-0.15, -0.1) is 11.6 Å². The van der Waals surface area contributed by atoms with Gasteiger partial charge >= 0.3 is 5.97 Å². The number of esters is 1. The average Bonchev–Trinajstić information content (AvgIpc) is 2.46. The van der Waals surface area contributed by atoms with Gasteiger partial charge in [0.1, 0.15) is 11.7 Å². The van der Waals surface area contributed by atoms with Gasteiger partial charge in [-0.05, 0) is 18.2 Å². The van der Waals surface area contributed by atoms with E-state index in [1.165, 1.54) is 19.2 Å². The fourth-order valence-corrected chi connectivity index (χ4v) is 1.50. The molecule has 0 aromatic heterocycles. The summed E-state index contributed by atoms with van der Waals surface area (Å²) in [6.07, 6.45) is -0.138. The van der Waals surface area contributed by atoms with Crippen LogP contribution in [0.2, 0.25) is 0 Å². The molecule has 0 saturated heterocycles. The van der Waals surface area contributed by atoms with Crippen molar-refractivity contribution in [1.29, 1.82) is 0 Å². The number of hydrogen-bond acceptors (Lipinski definition) is 4. The van der Waals surface area contributed by atoms with E-state index in [0.29, 0.717) is 0 Å². The van der Waals surface area contributed by atoms with Crippen LogP contribution in [-0.2, 0) is 14.3 Å². The third kappa shape index (κ3) is 4.62. The number of anilines is 1. The lowest BCUT2D eigenvalue weighted by molar-refractivity contribution is -0.140. The number of ketones is 1. The lowest BCUT2D eigenvalue weighted by Gasteiger charge is -2.06. The average molecular weight is 302 g/mol. The van der Waals surface area contributed by atoms with Crippen LogP contribution < -0.4 is 5.32 Å². The number of Topliss-reactive ketones (excluding diaryl/α,β-unsaturated/α-hetero) is 1. The van der Waals surface area contributed by atoms with Gasteiger partial charge in [-0.3, -0.25) is 14.4 Å². The predicted octanol–water partition coefficient (Wildman–Crippen LogP) is 2.14. The predicted molar refractivity (Wildman–Crippen MR) is 71.3 cm³/mol. The fraction of sp³-hybridized carbons (Fsp3) is 0.308. The molecular weight excluding hydrogens is 289 g/mol. The van der Waals surface area contributed by atoms with Gasteiger partial charge in [-0.25, -0.2) is 4.39 Å². The Morgan fingerprint density at radius 2 is 2.00 bits per heavy atom. The smallest absolute Gasteiger partial charge is 0.305 e. The van der Waals surface area contributed by atoms with E-state index in [-0.39, 0.29) is 35.8 Å². The zero-order chi connectivity index (χ0) is 15.1. The third-order valence-corrected chi connectivity index (χ3v) is 2.71. The Kier molecular flexibility index (Phi) is 6.11. The lowest BCUT2D eigenvalue weighted by atomic mass is 10.1. The van der Waals surface area contributed by atoms with Gasteiger partial charge in [0.25, 0.3) is 0 Å². The summed E-state index contributed by atoms with van der Waals surface area (Å²) in [4.78, 5) is 33.7. The second-order valence-electron chi connectivity index (χ2n) is 3.88. The molecule has 0 aliphatic rings. The quantitative estimate of drug-likeness (QED) is 0.496. The first kappa shape index (κ1) is 16.1. The molecule has 0 aliphatic carbocycles. The van der Waals surface area contributed by atoms with E-state index >= 15 is 0 Å². The highest BCUT2D eigenvalue weighted by atomic mass is 35.5. The Hall–Kier alpha value is -1.95. The first-order valence-electron chi connectivity index (χ1n) is 5.73. The van der Waals surface area contributed by atoms with Gasteiger partial charge in [0, 0.05) is 12.0 Å². The molecular formula is C13H13ClFNO4. The highest BCUT2D eigenvalue weighted by molar-refractivity contribution is 6.29. The molecule has 1 N–H and O–H groups in total. The molecule has 1 aromatic rings. The summed E-state index contributed by atoms with van der Waals surface area (Å²) < 4.78 is 18.1. The van der Waals surface area contributed by atoms with E-state index in [1.807, 2.05) is 0 Å². The number of halogens is 2. The number of rotatable bonds is 6. The van der Waals surface area contributed by atoms with Gasteiger partial charge in [-0.2, -0.15) is 0 Å². The molecule has 7 heteroatoms. The van der Waals surface area contributed by atoms with Crippen LogP contribution in [-0.4, -0.2) is 30.6 Å². The van der Waals surface area contributed by atoms with Crippen LogP contribution in [0.3, 0.4) is 0 Å². The third-order valence-electron chi connectivity index (χ3n) is 2.47. The number of methoxy groups -OCH3 is 1. The van der Waals surface area contributed by atoms with Crippen molar-refractivity contribution >= 4 is 34.9 Å². The summed E-state index contributed by atoms with van der Waals surface area (Å²) in [5.41, 5.74) is 0.0652. The van der Waals surface area contributed by atoms with E-state index in [4.69, 9.17) is 11.6 Å². The summed E-state index contributed by atoms with van der Waals surface area (Å²) >= 11 is 5.29. The van der Waals surface area contributed by atoms with Crippen molar-refractivity contribution in [1.82, 2.24) is 0 Å². The minimum atomic E-state index is -0.743. The molecule has 1 aromatic carbocycles. The number of carbonyl (C=O) groups is 3. The van der Waals surface area contributed by atoms with E-state index in [2.05, 4.69) is 10.1 Å². The van der Waals surface area contributed by atoms with Crippen molar-refractivity contribution in [3.8, 4) is 0 Å². The maximum absolute atomic E-state index is 13.7. The molecule has 0 aliphatic heterocycles. The number of amides is 1. The molecule has 20 heavy (non-hydrogen) atoms. The molecule has 0 radical (unpaired) electrons. The van der Waals surface area contributed by atoms with Gasteiger partial charge in [0.15, 0.2) is 5.78 Å². The van der Waals surface area contributed by atoms with Gasteiger partial charge < -0.3 is 10.1 Å². The second-order valence-corrected chi connectivity index (χ2v) is 4.14. The Balaban J connectivity index is 2.73. The molecule has 5 nitrogen and oxygen atoms in total. The molecule has 0 heterocycles. The summed E-state index contributed by atoms with van der Waals surface area (Å²) in [5, 5.41) is 2.25. The van der Waals surface area contributed by atoms with Crippen molar-refractivity contribution in [3.05, 3.63) is 29.6 Å². The van der Waals surface area contributed by atoms with Crippen molar-refractivity contribution in [3.63, 3.8) is 0 Å². The number of ether oxygens (including phenoxy) is 1. The van der Waals surface area contributed by atoms with Crippen LogP contribution in [0, 0.1) is 5.82 Å². The molecule has 0 unspecified atom stereocenters. The molecule has 0 atom stereocenters. The largest absolute Gasteiger partial charge is 0.469 e. The lowest BCUT2D eigenvalue weighted by Crippen LogP contribution is -2.14. The number of hydrogen-bond donors (Lipinski definition) is 1. The highest BCUT2D eigenvalue weighted by Crippen LogP contribution is 2.17. The first-order valence-corrected chi connectivity index (χ1v) is 6.26. The van der Waals surface area contributed by atoms with Gasteiger partial charge in [0.05, 0.1) is 19.2 Å². The number of carbonyl (C=O) groups excluding carboxylic acids is 3. The van der Waals surface area contributed by atoms with Crippen molar-refractivity contribution in [2.45, 2.75) is 12.8 Å². The minimum Gasteiger partial charge on any atom is -0.469 e. The molecule has 1 amide bonds. The first-order chi connectivity index (χ1) is 9.47. The van der Waals surface area contributed by atoms with Crippen LogP contribution >= 0.6 is 11.6 Å². The van der Waals surface area contributed by atoms with Gasteiger partial charge in [-0.1, -0.05) is 0 Å². The standard InChI is InChI=1S/C13H13ClFNO4/c1-20-13(19)5-4-11(17)8-2-3-10(9(15)6-8)16-12(18)7-14/h2-3,6H,4-5,7H2,1H3,(H,16,18). The highest BCUT2D eigenvalue weighted by Gasteiger charge is 2.13. The van der Waals surface area contributed by atoms with Gasteiger partial charge in [0.2, 0.25) is 5.91 Å². The van der Waals surface area contributed by atoms with Crippen LogP contribution in [0.5, 0.6) is 0 Å². The Labute approximate surface area is 120 Å². The fourth-order valence-electron chi connectivity index (χ4n) is 1.44. The SMILES string of the molecule is COC(=O)CCC(=O)c1ccc(NC(=O)CCl)c(F)c1. The minimum absolute atomic E-state index is 0.0554. The molecule has 108 valence electrons. The molecule has 0 saturated carbocycles. The summed E-state index contributed by atoms with van der Waals surface area (Å²) in [6.45, 7) is 0. The zero-order valence-electron chi connectivity index (χ0n) is 10.7. The van der Waals surface area contributed by atoms with Crippen molar-refractivity contribution in [2.24, 2.45) is 0 Å². The van der Waals surface area contributed by atoms with Crippen LogP contribution in [0.4, 0.5) is 10.1 Å². The summed E-state index contributed by atoms with van der Waals surface area (Å²) in [7, 11) is 1.22. The summed E-state index contributed by atoms with van der Waals surface area (Å²) in [6, 6.07) is 3.64. The normalized spacial score (nSPS) is 9.95.